The predicted molar refractivity (Wildman–Crippen MR) is 88.7 cm³/mol. The van der Waals surface area contributed by atoms with Crippen LogP contribution in [-0.4, -0.2) is 77.4 Å². The standard InChI is InChI=1S/C18H33NO4/c1-20-12-8-19-7-3-17-18(14-19,6-2-9-23-17)15-22-13-16-4-10-21-11-5-16/h16-17H,2-15H2,1H3/t17-,18+/m0/s1. The van der Waals surface area contributed by atoms with Crippen LogP contribution in [0.25, 0.3) is 0 Å². The lowest BCUT2D eigenvalue weighted by Crippen LogP contribution is -2.57. The van der Waals surface area contributed by atoms with Gasteiger partial charge in [0.2, 0.25) is 0 Å². The summed E-state index contributed by atoms with van der Waals surface area (Å²) in [5, 5.41) is 0. The molecule has 3 rings (SSSR count). The van der Waals surface area contributed by atoms with Crippen LogP contribution in [-0.2, 0) is 18.9 Å². The Morgan fingerprint density at radius 3 is 2.87 bits per heavy atom. The third-order valence-electron chi connectivity index (χ3n) is 5.76. The molecule has 3 fully saturated rings. The Morgan fingerprint density at radius 1 is 1.17 bits per heavy atom. The zero-order valence-electron chi connectivity index (χ0n) is 14.6. The molecule has 3 aliphatic heterocycles. The first kappa shape index (κ1) is 17.6. The van der Waals surface area contributed by atoms with E-state index in [0.29, 0.717) is 12.0 Å². The van der Waals surface area contributed by atoms with Gasteiger partial charge in [0.15, 0.2) is 0 Å². The van der Waals surface area contributed by atoms with E-state index in [1.165, 1.54) is 6.42 Å². The van der Waals surface area contributed by atoms with E-state index in [1.54, 1.807) is 7.11 Å². The molecule has 134 valence electrons. The van der Waals surface area contributed by atoms with Crippen molar-refractivity contribution in [1.29, 1.82) is 0 Å². The molecule has 5 heteroatoms. The number of fused-ring (bicyclic) bond motifs is 1. The summed E-state index contributed by atoms with van der Waals surface area (Å²) in [6.45, 7) is 8.49. The fraction of sp³-hybridized carbons (Fsp3) is 1.00. The summed E-state index contributed by atoms with van der Waals surface area (Å²) in [6.07, 6.45) is 6.19. The van der Waals surface area contributed by atoms with Crippen molar-refractivity contribution in [2.45, 2.75) is 38.2 Å². The van der Waals surface area contributed by atoms with Crippen molar-refractivity contribution in [3.63, 3.8) is 0 Å². The second-order valence-corrected chi connectivity index (χ2v) is 7.45. The van der Waals surface area contributed by atoms with Crippen molar-refractivity contribution in [2.75, 3.05) is 66.4 Å². The zero-order chi connectivity index (χ0) is 16.0. The first-order chi connectivity index (χ1) is 11.3. The van der Waals surface area contributed by atoms with Crippen LogP contribution in [0.2, 0.25) is 0 Å². The number of hydrogen-bond acceptors (Lipinski definition) is 5. The number of hydrogen-bond donors (Lipinski definition) is 0. The van der Waals surface area contributed by atoms with Gasteiger partial charge in [0.1, 0.15) is 0 Å². The number of piperidine rings is 1. The van der Waals surface area contributed by atoms with Crippen molar-refractivity contribution in [3.8, 4) is 0 Å². The van der Waals surface area contributed by atoms with E-state index in [2.05, 4.69) is 4.90 Å². The second-order valence-electron chi connectivity index (χ2n) is 7.45. The molecule has 0 aromatic rings. The highest BCUT2D eigenvalue weighted by Crippen LogP contribution is 2.40. The molecular weight excluding hydrogens is 294 g/mol. The number of methoxy groups -OCH3 is 1. The van der Waals surface area contributed by atoms with Crippen LogP contribution in [0.3, 0.4) is 0 Å². The lowest BCUT2D eigenvalue weighted by Gasteiger charge is -2.50. The minimum Gasteiger partial charge on any atom is -0.383 e. The van der Waals surface area contributed by atoms with Gasteiger partial charge < -0.3 is 23.8 Å². The van der Waals surface area contributed by atoms with Crippen molar-refractivity contribution >= 4 is 0 Å². The number of likely N-dealkylation sites (tertiary alicyclic amines) is 1. The van der Waals surface area contributed by atoms with E-state index in [9.17, 15) is 0 Å². The molecule has 2 atom stereocenters. The Hall–Kier alpha value is -0.200. The lowest BCUT2D eigenvalue weighted by molar-refractivity contribution is -0.157. The molecule has 0 amide bonds. The quantitative estimate of drug-likeness (QED) is 0.715. The summed E-state index contributed by atoms with van der Waals surface area (Å²) in [5.41, 5.74) is 0.190. The third kappa shape index (κ3) is 4.67. The van der Waals surface area contributed by atoms with Crippen molar-refractivity contribution < 1.29 is 18.9 Å². The Labute approximate surface area is 140 Å². The lowest BCUT2D eigenvalue weighted by atomic mass is 9.73. The summed E-state index contributed by atoms with van der Waals surface area (Å²) in [4.78, 5) is 2.53. The van der Waals surface area contributed by atoms with Crippen molar-refractivity contribution in [3.05, 3.63) is 0 Å². The van der Waals surface area contributed by atoms with Crippen LogP contribution in [0.5, 0.6) is 0 Å². The maximum Gasteiger partial charge on any atom is 0.0677 e. The highest BCUT2D eigenvalue weighted by Gasteiger charge is 2.46. The summed E-state index contributed by atoms with van der Waals surface area (Å²) >= 11 is 0. The normalized spacial score (nSPS) is 33.5. The van der Waals surface area contributed by atoms with Crippen LogP contribution in [0.1, 0.15) is 32.1 Å². The van der Waals surface area contributed by atoms with Gasteiger partial charge >= 0.3 is 0 Å². The topological polar surface area (TPSA) is 40.2 Å². The van der Waals surface area contributed by atoms with Gasteiger partial charge in [-0.25, -0.2) is 0 Å². The smallest absolute Gasteiger partial charge is 0.0677 e. The minimum absolute atomic E-state index is 0.190. The van der Waals surface area contributed by atoms with E-state index in [4.69, 9.17) is 18.9 Å². The zero-order valence-corrected chi connectivity index (χ0v) is 14.6. The number of ether oxygens (including phenoxy) is 4. The van der Waals surface area contributed by atoms with Crippen LogP contribution in [0, 0.1) is 11.3 Å². The maximum absolute atomic E-state index is 6.23. The maximum atomic E-state index is 6.23. The molecule has 0 bridgehead atoms. The Balaban J connectivity index is 1.52. The molecule has 0 saturated carbocycles. The third-order valence-corrected chi connectivity index (χ3v) is 5.76. The van der Waals surface area contributed by atoms with E-state index in [-0.39, 0.29) is 5.41 Å². The second kappa shape index (κ2) is 8.77. The van der Waals surface area contributed by atoms with Gasteiger partial charge in [-0.3, -0.25) is 0 Å². The minimum atomic E-state index is 0.190. The summed E-state index contributed by atoms with van der Waals surface area (Å²) in [6, 6.07) is 0. The molecule has 0 N–H and O–H groups in total. The summed E-state index contributed by atoms with van der Waals surface area (Å²) < 4.78 is 23.1. The molecule has 5 nitrogen and oxygen atoms in total. The fourth-order valence-corrected chi connectivity index (χ4v) is 4.35. The van der Waals surface area contributed by atoms with E-state index in [1.807, 2.05) is 0 Å². The number of rotatable bonds is 7. The van der Waals surface area contributed by atoms with Gasteiger partial charge in [-0.2, -0.15) is 0 Å². The first-order valence-electron chi connectivity index (χ1n) is 9.31. The number of nitrogens with zero attached hydrogens (tertiary/aromatic N) is 1. The molecule has 3 heterocycles. The molecule has 3 aliphatic rings. The molecule has 0 aliphatic carbocycles. The predicted octanol–water partition coefficient (Wildman–Crippen LogP) is 1.95. The van der Waals surface area contributed by atoms with Gasteiger partial charge in [-0.1, -0.05) is 0 Å². The van der Waals surface area contributed by atoms with Crippen LogP contribution in [0.15, 0.2) is 0 Å². The van der Waals surface area contributed by atoms with Gasteiger partial charge in [0.25, 0.3) is 0 Å². The van der Waals surface area contributed by atoms with Crippen LogP contribution in [0.4, 0.5) is 0 Å². The van der Waals surface area contributed by atoms with E-state index < -0.39 is 0 Å². The Bertz CT molecular complexity index is 348. The molecular formula is C18H33NO4. The largest absolute Gasteiger partial charge is 0.383 e. The molecule has 0 spiro atoms. The van der Waals surface area contributed by atoms with E-state index in [0.717, 1.165) is 85.0 Å². The molecule has 3 saturated heterocycles. The van der Waals surface area contributed by atoms with Crippen molar-refractivity contribution in [1.82, 2.24) is 4.90 Å². The fourth-order valence-electron chi connectivity index (χ4n) is 4.35. The molecule has 0 radical (unpaired) electrons. The van der Waals surface area contributed by atoms with Crippen LogP contribution >= 0.6 is 0 Å². The molecule has 0 aromatic carbocycles. The van der Waals surface area contributed by atoms with Gasteiger partial charge in [0, 0.05) is 58.6 Å². The van der Waals surface area contributed by atoms with Gasteiger partial charge in [0.05, 0.1) is 19.3 Å². The molecule has 0 unspecified atom stereocenters. The van der Waals surface area contributed by atoms with Crippen LogP contribution < -0.4 is 0 Å². The summed E-state index contributed by atoms with van der Waals surface area (Å²) in [7, 11) is 1.78. The average molecular weight is 327 g/mol. The first-order valence-corrected chi connectivity index (χ1v) is 9.31. The molecule has 23 heavy (non-hydrogen) atoms. The van der Waals surface area contributed by atoms with Crippen molar-refractivity contribution in [2.24, 2.45) is 11.3 Å². The van der Waals surface area contributed by atoms with E-state index >= 15 is 0 Å². The summed E-state index contributed by atoms with van der Waals surface area (Å²) in [5.74, 6) is 0.677. The van der Waals surface area contributed by atoms with Gasteiger partial charge in [-0.15, -0.1) is 0 Å². The van der Waals surface area contributed by atoms with Gasteiger partial charge in [-0.05, 0) is 38.0 Å². The SMILES string of the molecule is COCCN1CC[C@@H]2OCCC[C@]2(COCC2CCOCC2)C1. The highest BCUT2D eigenvalue weighted by atomic mass is 16.5. The average Bonchev–Trinajstić information content (AvgIpc) is 2.60. The monoisotopic (exact) mass is 327 g/mol. The molecule has 0 aromatic heterocycles. The highest BCUT2D eigenvalue weighted by molar-refractivity contribution is 4.96. The Kier molecular flexibility index (Phi) is 6.72. The Morgan fingerprint density at radius 2 is 2.04 bits per heavy atom.